The molecule has 0 N–H and O–H groups in total. The second-order valence-corrected chi connectivity index (χ2v) is 7.57. The minimum atomic E-state index is -0.0366. The van der Waals surface area contributed by atoms with E-state index in [0.29, 0.717) is 18.6 Å². The number of amides is 2. The normalized spacial score (nSPS) is 21.1. The summed E-state index contributed by atoms with van der Waals surface area (Å²) in [6.45, 7) is 3.08. The van der Waals surface area contributed by atoms with E-state index < -0.39 is 0 Å². The number of carbonyl (C=O) groups excluding carboxylic acids is 2. The van der Waals surface area contributed by atoms with Crippen molar-refractivity contribution in [3.8, 4) is 0 Å². The quantitative estimate of drug-likeness (QED) is 0.771. The summed E-state index contributed by atoms with van der Waals surface area (Å²) in [5, 5.41) is 5.47. The number of hydrogen-bond donors (Lipinski definition) is 0. The first kappa shape index (κ1) is 19.5. The maximum atomic E-state index is 12.8. The molecule has 6 nitrogen and oxygen atoms in total. The number of aryl methyl sites for hydroxylation is 1. The largest absolute Gasteiger partial charge is 0.336 e. The van der Waals surface area contributed by atoms with Gasteiger partial charge in [-0.1, -0.05) is 30.3 Å². The number of rotatable bonds is 6. The van der Waals surface area contributed by atoms with Crippen molar-refractivity contribution in [1.82, 2.24) is 14.8 Å². The molecule has 0 aromatic heterocycles. The highest BCUT2D eigenvalue weighted by atomic mass is 16.2. The van der Waals surface area contributed by atoms with Gasteiger partial charge in [-0.3, -0.25) is 9.59 Å². The second-order valence-electron chi connectivity index (χ2n) is 7.57. The number of likely N-dealkylation sites (tertiary alicyclic amines) is 1. The molecule has 0 saturated carbocycles. The Morgan fingerprint density at radius 3 is 2.78 bits per heavy atom. The van der Waals surface area contributed by atoms with Crippen molar-refractivity contribution in [2.45, 2.75) is 44.6 Å². The number of benzene rings is 1. The van der Waals surface area contributed by atoms with Crippen LogP contribution in [-0.4, -0.2) is 72.1 Å². The molecule has 6 heteroatoms. The number of piperidine rings is 1. The van der Waals surface area contributed by atoms with Gasteiger partial charge in [0.15, 0.2) is 0 Å². The molecule has 1 fully saturated rings. The Kier molecular flexibility index (Phi) is 6.61. The molecule has 0 spiro atoms. The Morgan fingerprint density at radius 1 is 1.26 bits per heavy atom. The highest BCUT2D eigenvalue weighted by molar-refractivity contribution is 6.39. The van der Waals surface area contributed by atoms with Crippen molar-refractivity contribution >= 4 is 17.5 Å². The summed E-state index contributed by atoms with van der Waals surface area (Å²) in [7, 11) is 3.49. The average Bonchev–Trinajstić information content (AvgIpc) is 2.70. The summed E-state index contributed by atoms with van der Waals surface area (Å²) in [5.74, 6) is -0.0676. The molecule has 2 amide bonds. The minimum Gasteiger partial charge on any atom is -0.336 e. The monoisotopic (exact) mass is 370 g/mol. The first-order chi connectivity index (χ1) is 13.0. The Hall–Kier alpha value is -2.21. The van der Waals surface area contributed by atoms with Crippen molar-refractivity contribution in [3.63, 3.8) is 0 Å². The van der Waals surface area contributed by atoms with Crippen LogP contribution in [0.25, 0.3) is 0 Å². The zero-order valence-corrected chi connectivity index (χ0v) is 16.4. The molecule has 0 unspecified atom stereocenters. The molecule has 0 radical (unpaired) electrons. The van der Waals surface area contributed by atoms with E-state index in [-0.39, 0.29) is 17.9 Å². The van der Waals surface area contributed by atoms with E-state index in [1.807, 2.05) is 11.9 Å². The Balaban J connectivity index is 1.50. The predicted molar refractivity (Wildman–Crippen MR) is 106 cm³/mol. The van der Waals surface area contributed by atoms with Gasteiger partial charge in [0.2, 0.25) is 5.91 Å². The fourth-order valence-electron chi connectivity index (χ4n) is 3.89. The van der Waals surface area contributed by atoms with Crippen LogP contribution in [0.2, 0.25) is 0 Å². The molecule has 2 aliphatic rings. The number of hydrazone groups is 1. The highest BCUT2D eigenvalue weighted by Gasteiger charge is 2.30. The van der Waals surface area contributed by atoms with Crippen LogP contribution >= 0.6 is 0 Å². The van der Waals surface area contributed by atoms with Gasteiger partial charge in [-0.25, -0.2) is 5.01 Å². The SMILES string of the molecule is CN1N=C(C(=O)N(C)[C@H]2CCCN(CCCc3ccccc3)C2)CCC1=O. The van der Waals surface area contributed by atoms with Gasteiger partial charge in [-0.15, -0.1) is 0 Å². The van der Waals surface area contributed by atoms with Crippen LogP contribution in [0, 0.1) is 0 Å². The van der Waals surface area contributed by atoms with Gasteiger partial charge in [0.1, 0.15) is 5.71 Å². The average molecular weight is 370 g/mol. The van der Waals surface area contributed by atoms with Crippen LogP contribution in [0.3, 0.4) is 0 Å². The number of nitrogens with zero attached hydrogens (tertiary/aromatic N) is 4. The van der Waals surface area contributed by atoms with E-state index in [0.717, 1.165) is 45.3 Å². The third-order valence-electron chi connectivity index (χ3n) is 5.59. The topological polar surface area (TPSA) is 56.2 Å². The molecule has 2 aliphatic heterocycles. The smallest absolute Gasteiger partial charge is 0.270 e. The van der Waals surface area contributed by atoms with Crippen molar-refractivity contribution in [2.24, 2.45) is 5.10 Å². The van der Waals surface area contributed by atoms with Gasteiger partial charge in [-0.05, 0) is 44.3 Å². The molecule has 27 heavy (non-hydrogen) atoms. The van der Waals surface area contributed by atoms with Crippen LogP contribution in [0.5, 0.6) is 0 Å². The summed E-state index contributed by atoms with van der Waals surface area (Å²) >= 11 is 0. The van der Waals surface area contributed by atoms with E-state index in [1.54, 1.807) is 7.05 Å². The van der Waals surface area contributed by atoms with Crippen molar-refractivity contribution < 1.29 is 9.59 Å². The summed E-state index contributed by atoms with van der Waals surface area (Å²) in [5.41, 5.74) is 1.88. The third-order valence-corrected chi connectivity index (χ3v) is 5.59. The molecule has 146 valence electrons. The van der Waals surface area contributed by atoms with Crippen molar-refractivity contribution in [2.75, 3.05) is 33.7 Å². The standard InChI is InChI=1S/C21H30N4O2/c1-23(21(27)19-12-13-20(26)24(2)22-19)18-11-7-15-25(16-18)14-6-10-17-8-4-3-5-9-17/h3-5,8-9,18H,6-7,10-16H2,1-2H3/t18-/m0/s1. The van der Waals surface area contributed by atoms with Crippen LogP contribution in [0.4, 0.5) is 0 Å². The predicted octanol–water partition coefficient (Wildman–Crippen LogP) is 2.15. The Bertz CT molecular complexity index is 689. The fourth-order valence-corrected chi connectivity index (χ4v) is 3.89. The zero-order chi connectivity index (χ0) is 19.2. The maximum Gasteiger partial charge on any atom is 0.270 e. The first-order valence-corrected chi connectivity index (χ1v) is 9.92. The van der Waals surface area contributed by atoms with Crippen LogP contribution in [0.1, 0.15) is 37.7 Å². The van der Waals surface area contributed by atoms with Crippen molar-refractivity contribution in [3.05, 3.63) is 35.9 Å². The van der Waals surface area contributed by atoms with Crippen LogP contribution < -0.4 is 0 Å². The van der Waals surface area contributed by atoms with E-state index in [4.69, 9.17) is 0 Å². The lowest BCUT2D eigenvalue weighted by Crippen LogP contribution is -2.51. The Morgan fingerprint density at radius 2 is 2.04 bits per heavy atom. The molecule has 1 aromatic rings. The van der Waals surface area contributed by atoms with E-state index >= 15 is 0 Å². The summed E-state index contributed by atoms with van der Waals surface area (Å²) in [4.78, 5) is 28.7. The lowest BCUT2D eigenvalue weighted by atomic mass is 10.0. The number of likely N-dealkylation sites (N-methyl/N-ethyl adjacent to an activating group) is 1. The molecule has 3 rings (SSSR count). The van der Waals surface area contributed by atoms with E-state index in [9.17, 15) is 9.59 Å². The first-order valence-electron chi connectivity index (χ1n) is 9.92. The van der Waals surface area contributed by atoms with Crippen molar-refractivity contribution in [1.29, 1.82) is 0 Å². The number of hydrogen-bond acceptors (Lipinski definition) is 4. The molecular weight excluding hydrogens is 340 g/mol. The van der Waals surface area contributed by atoms with Gasteiger partial charge in [0, 0.05) is 39.5 Å². The fraction of sp³-hybridized carbons (Fsp3) is 0.571. The summed E-state index contributed by atoms with van der Waals surface area (Å²) in [6.07, 6.45) is 5.17. The summed E-state index contributed by atoms with van der Waals surface area (Å²) < 4.78 is 0. The third kappa shape index (κ3) is 5.16. The molecular formula is C21H30N4O2. The van der Waals surface area contributed by atoms with Gasteiger partial charge in [-0.2, -0.15) is 5.10 Å². The highest BCUT2D eigenvalue weighted by Crippen LogP contribution is 2.18. The van der Waals surface area contributed by atoms with Gasteiger partial charge < -0.3 is 9.80 Å². The van der Waals surface area contributed by atoms with E-state index in [1.165, 1.54) is 10.6 Å². The lowest BCUT2D eigenvalue weighted by molar-refractivity contribution is -0.131. The van der Waals surface area contributed by atoms with Crippen LogP contribution in [-0.2, 0) is 16.0 Å². The minimum absolute atomic E-state index is 0.0311. The molecule has 1 atom stereocenters. The molecule has 2 heterocycles. The molecule has 1 aromatic carbocycles. The maximum absolute atomic E-state index is 12.8. The van der Waals surface area contributed by atoms with Gasteiger partial charge >= 0.3 is 0 Å². The Labute approximate surface area is 161 Å². The van der Waals surface area contributed by atoms with Gasteiger partial charge in [0.25, 0.3) is 5.91 Å². The lowest BCUT2D eigenvalue weighted by Gasteiger charge is -2.38. The summed E-state index contributed by atoms with van der Waals surface area (Å²) in [6, 6.07) is 10.8. The zero-order valence-electron chi connectivity index (χ0n) is 16.4. The molecule has 1 saturated heterocycles. The number of carbonyl (C=O) groups is 2. The van der Waals surface area contributed by atoms with Gasteiger partial charge in [0.05, 0.1) is 0 Å². The van der Waals surface area contributed by atoms with E-state index in [2.05, 4.69) is 40.3 Å². The second kappa shape index (κ2) is 9.13. The molecule has 0 aliphatic carbocycles. The van der Waals surface area contributed by atoms with Crippen LogP contribution in [0.15, 0.2) is 35.4 Å². The molecule has 0 bridgehead atoms.